The number of aliphatic imine (C=N–C) groups is 1. The molecule has 24 heavy (non-hydrogen) atoms. The Labute approximate surface area is 149 Å². The minimum Gasteiger partial charge on any atom is -0.493 e. The van der Waals surface area contributed by atoms with Gasteiger partial charge in [-0.25, -0.2) is 0 Å². The molecule has 2 heterocycles. The van der Waals surface area contributed by atoms with Gasteiger partial charge in [-0.05, 0) is 42.5 Å². The summed E-state index contributed by atoms with van der Waals surface area (Å²) in [5.74, 6) is 0.662. The van der Waals surface area contributed by atoms with Crippen LogP contribution < -0.4 is 4.74 Å². The second kappa shape index (κ2) is 7.85. The maximum Gasteiger partial charge on any atom is 0.285 e. The zero-order chi connectivity index (χ0) is 16.9. The first-order valence-electron chi connectivity index (χ1n) is 7.79. The van der Waals surface area contributed by atoms with E-state index in [2.05, 4.69) is 16.9 Å². The third kappa shape index (κ3) is 3.82. The number of thioether (sulfide) groups is 2. The third-order valence-electron chi connectivity index (χ3n) is 3.55. The van der Waals surface area contributed by atoms with Crippen LogP contribution in [0.1, 0.15) is 25.3 Å². The van der Waals surface area contributed by atoms with Crippen molar-refractivity contribution in [3.8, 4) is 5.75 Å². The molecule has 0 saturated heterocycles. The number of hydrogen-bond acceptors (Lipinski definition) is 5. The zero-order valence-corrected chi connectivity index (χ0v) is 15.2. The van der Waals surface area contributed by atoms with Crippen molar-refractivity contribution in [2.75, 3.05) is 12.9 Å². The van der Waals surface area contributed by atoms with Crippen LogP contribution in [0.4, 0.5) is 0 Å². The summed E-state index contributed by atoms with van der Waals surface area (Å²) in [6.07, 6.45) is 7.67. The Morgan fingerprint density at radius 1 is 1.33 bits per heavy atom. The van der Waals surface area contributed by atoms with Crippen LogP contribution in [0.2, 0.25) is 0 Å². The molecule has 0 N–H and O–H groups in total. The number of nitrogens with zero attached hydrogens (tertiary/aromatic N) is 2. The van der Waals surface area contributed by atoms with Gasteiger partial charge >= 0.3 is 0 Å². The first kappa shape index (κ1) is 17.0. The van der Waals surface area contributed by atoms with Crippen molar-refractivity contribution in [1.29, 1.82) is 0 Å². The van der Waals surface area contributed by atoms with Crippen LogP contribution in [-0.4, -0.2) is 28.1 Å². The Bertz CT molecular complexity index is 831. The molecule has 0 radical (unpaired) electrons. The van der Waals surface area contributed by atoms with Gasteiger partial charge in [-0.15, -0.1) is 11.8 Å². The summed E-state index contributed by atoms with van der Waals surface area (Å²) in [6, 6.07) is 7.82. The lowest BCUT2D eigenvalue weighted by atomic mass is 10.1. The molecule has 3 rings (SSSR count). The molecule has 1 aromatic heterocycles. The van der Waals surface area contributed by atoms with Crippen LogP contribution in [0.15, 0.2) is 40.4 Å². The van der Waals surface area contributed by atoms with Crippen molar-refractivity contribution in [3.63, 3.8) is 0 Å². The Hall–Kier alpha value is -1.79. The number of benzene rings is 1. The summed E-state index contributed by atoms with van der Waals surface area (Å²) < 4.78 is 6.67. The summed E-state index contributed by atoms with van der Waals surface area (Å²) in [5.41, 5.74) is 1.84. The maximum absolute atomic E-state index is 11.9. The molecule has 1 aliphatic heterocycles. The van der Waals surface area contributed by atoms with Crippen LogP contribution in [-0.2, 0) is 4.79 Å². The highest BCUT2D eigenvalue weighted by molar-refractivity contribution is 8.40. The van der Waals surface area contributed by atoms with Gasteiger partial charge in [0.15, 0.2) is 0 Å². The fourth-order valence-electron chi connectivity index (χ4n) is 2.31. The van der Waals surface area contributed by atoms with Crippen LogP contribution in [0.5, 0.6) is 5.75 Å². The van der Waals surface area contributed by atoms with Crippen LogP contribution in [0, 0.1) is 0 Å². The van der Waals surface area contributed by atoms with Gasteiger partial charge in [-0.1, -0.05) is 31.2 Å². The Morgan fingerprint density at radius 2 is 2.21 bits per heavy atom. The maximum atomic E-state index is 11.9. The quantitative estimate of drug-likeness (QED) is 0.570. The number of unbranched alkanes of at least 4 members (excludes halogenated alkanes) is 1. The van der Waals surface area contributed by atoms with Crippen molar-refractivity contribution in [3.05, 3.63) is 40.9 Å². The Morgan fingerprint density at radius 3 is 2.96 bits per heavy atom. The van der Waals surface area contributed by atoms with E-state index < -0.39 is 0 Å². The molecule has 124 valence electrons. The standard InChI is InChI=1S/C18H18N2O2S2/c1-3-4-9-22-15-7-8-19-14-6-5-12(10-13(14)15)11-16-17(21)20-18(23-2)24-16/h5-8,10-11H,3-4,9H2,1-2H3. The van der Waals surface area contributed by atoms with E-state index in [0.717, 1.165) is 39.4 Å². The minimum atomic E-state index is -0.171. The van der Waals surface area contributed by atoms with Crippen molar-refractivity contribution in [1.82, 2.24) is 4.98 Å². The molecule has 2 aromatic rings. The van der Waals surface area contributed by atoms with Gasteiger partial charge < -0.3 is 4.74 Å². The molecular weight excluding hydrogens is 340 g/mol. The van der Waals surface area contributed by atoms with Crippen molar-refractivity contribution < 1.29 is 9.53 Å². The molecule has 0 saturated carbocycles. The summed E-state index contributed by atoms with van der Waals surface area (Å²) in [5, 5.41) is 0.962. The number of ether oxygens (including phenoxy) is 1. The van der Waals surface area contributed by atoms with Gasteiger partial charge in [0.1, 0.15) is 10.1 Å². The van der Waals surface area contributed by atoms with Gasteiger partial charge in [0.25, 0.3) is 5.91 Å². The first-order valence-corrected chi connectivity index (χ1v) is 9.83. The van der Waals surface area contributed by atoms with E-state index in [1.165, 1.54) is 23.5 Å². The van der Waals surface area contributed by atoms with Gasteiger partial charge in [0.05, 0.1) is 17.0 Å². The van der Waals surface area contributed by atoms with Crippen LogP contribution in [0.25, 0.3) is 17.0 Å². The van der Waals surface area contributed by atoms with E-state index in [9.17, 15) is 4.79 Å². The number of carbonyl (C=O) groups is 1. The molecule has 0 fully saturated rings. The van der Waals surface area contributed by atoms with E-state index in [-0.39, 0.29) is 5.91 Å². The Balaban J connectivity index is 1.90. The molecule has 1 aliphatic rings. The Kier molecular flexibility index (Phi) is 5.58. The van der Waals surface area contributed by atoms with E-state index in [1.807, 2.05) is 36.6 Å². The lowest BCUT2D eigenvalue weighted by Crippen LogP contribution is -1.97. The highest BCUT2D eigenvalue weighted by Gasteiger charge is 2.21. The normalized spacial score (nSPS) is 16.0. The van der Waals surface area contributed by atoms with Crippen LogP contribution >= 0.6 is 23.5 Å². The van der Waals surface area contributed by atoms with E-state index >= 15 is 0 Å². The van der Waals surface area contributed by atoms with Gasteiger partial charge in [-0.3, -0.25) is 9.78 Å². The molecular formula is C18H18N2O2S2. The second-order valence-electron chi connectivity index (χ2n) is 5.29. The number of hydrogen-bond donors (Lipinski definition) is 0. The summed E-state index contributed by atoms with van der Waals surface area (Å²) in [6.45, 7) is 2.83. The van der Waals surface area contributed by atoms with Gasteiger partial charge in [-0.2, -0.15) is 4.99 Å². The van der Waals surface area contributed by atoms with Gasteiger partial charge in [0, 0.05) is 11.6 Å². The van der Waals surface area contributed by atoms with E-state index in [1.54, 1.807) is 6.20 Å². The lowest BCUT2D eigenvalue weighted by molar-refractivity contribution is -0.113. The SMILES string of the molecule is CCCCOc1ccnc2ccc(C=C3SC(SC)=NC3=O)cc12. The molecule has 1 amide bonds. The second-order valence-corrected chi connectivity index (χ2v) is 7.37. The molecule has 0 unspecified atom stereocenters. The average molecular weight is 358 g/mol. The molecule has 6 heteroatoms. The third-order valence-corrected chi connectivity index (χ3v) is 5.52. The van der Waals surface area contributed by atoms with Crippen molar-refractivity contribution in [2.24, 2.45) is 4.99 Å². The first-order chi connectivity index (χ1) is 11.7. The molecule has 0 bridgehead atoms. The number of rotatable bonds is 5. The summed E-state index contributed by atoms with van der Waals surface area (Å²) >= 11 is 2.91. The average Bonchev–Trinajstić information content (AvgIpc) is 2.95. The fourth-order valence-corrected chi connectivity index (χ4v) is 3.73. The topological polar surface area (TPSA) is 51.6 Å². The largest absolute Gasteiger partial charge is 0.493 e. The highest BCUT2D eigenvalue weighted by atomic mass is 32.2. The number of fused-ring (bicyclic) bond motifs is 1. The molecule has 0 atom stereocenters. The van der Waals surface area contributed by atoms with Gasteiger partial charge in [0.2, 0.25) is 0 Å². The predicted molar refractivity (Wildman–Crippen MR) is 104 cm³/mol. The van der Waals surface area contributed by atoms with Crippen LogP contribution in [0.3, 0.4) is 0 Å². The summed E-state index contributed by atoms with van der Waals surface area (Å²) in [4.78, 5) is 21.0. The number of aromatic nitrogens is 1. The fraction of sp³-hybridized carbons (Fsp3) is 0.278. The lowest BCUT2D eigenvalue weighted by Gasteiger charge is -2.09. The minimum absolute atomic E-state index is 0.171. The van der Waals surface area contributed by atoms with Crippen molar-refractivity contribution in [2.45, 2.75) is 19.8 Å². The molecule has 0 spiro atoms. The van der Waals surface area contributed by atoms with E-state index in [4.69, 9.17) is 4.74 Å². The predicted octanol–water partition coefficient (Wildman–Crippen LogP) is 4.75. The smallest absolute Gasteiger partial charge is 0.285 e. The van der Waals surface area contributed by atoms with Crippen molar-refractivity contribution >= 4 is 50.8 Å². The summed E-state index contributed by atoms with van der Waals surface area (Å²) in [7, 11) is 0. The number of amides is 1. The number of pyridine rings is 1. The molecule has 4 nitrogen and oxygen atoms in total. The zero-order valence-electron chi connectivity index (χ0n) is 13.6. The monoisotopic (exact) mass is 358 g/mol. The highest BCUT2D eigenvalue weighted by Crippen LogP contribution is 2.33. The number of carbonyl (C=O) groups excluding carboxylic acids is 1. The molecule has 1 aromatic carbocycles. The van der Waals surface area contributed by atoms with E-state index in [0.29, 0.717) is 11.5 Å². The molecule has 0 aliphatic carbocycles.